The number of hydrogen-bond donors (Lipinski definition) is 1. The molecule has 2 aromatic rings. The lowest BCUT2D eigenvalue weighted by Crippen LogP contribution is -2.25. The highest BCUT2D eigenvalue weighted by molar-refractivity contribution is 5.96. The molecular weight excluding hydrogens is 339 g/mol. The van der Waals surface area contributed by atoms with E-state index < -0.39 is 0 Å². The summed E-state index contributed by atoms with van der Waals surface area (Å²) in [6.45, 7) is 11.6. The van der Waals surface area contributed by atoms with Gasteiger partial charge in [-0.2, -0.15) is 5.10 Å². The Morgan fingerprint density at radius 1 is 1.19 bits per heavy atom. The molecule has 0 aliphatic carbocycles. The Balaban J connectivity index is 0.00000126. The number of nitrogens with two attached hydrogens (primary N) is 1. The molecule has 0 amide bonds. The molecule has 4 nitrogen and oxygen atoms in total. The van der Waals surface area contributed by atoms with Gasteiger partial charge in [0.05, 0.1) is 17.1 Å². The Morgan fingerprint density at radius 2 is 1.93 bits per heavy atom. The van der Waals surface area contributed by atoms with Gasteiger partial charge in [0.2, 0.25) is 0 Å². The van der Waals surface area contributed by atoms with E-state index in [2.05, 4.69) is 16.7 Å². The van der Waals surface area contributed by atoms with E-state index in [-0.39, 0.29) is 5.82 Å². The van der Waals surface area contributed by atoms with Gasteiger partial charge in [-0.1, -0.05) is 32.6 Å². The third kappa shape index (κ3) is 4.70. The Labute approximate surface area is 160 Å². The van der Waals surface area contributed by atoms with Crippen LogP contribution in [-0.2, 0) is 0 Å². The molecule has 0 bridgehead atoms. The van der Waals surface area contributed by atoms with Crippen molar-refractivity contribution in [3.05, 3.63) is 95.5 Å². The van der Waals surface area contributed by atoms with E-state index >= 15 is 0 Å². The van der Waals surface area contributed by atoms with Crippen molar-refractivity contribution in [3.8, 4) is 0 Å². The number of hydrazone groups is 1. The van der Waals surface area contributed by atoms with Gasteiger partial charge in [-0.05, 0) is 67.0 Å². The van der Waals surface area contributed by atoms with E-state index in [4.69, 9.17) is 5.73 Å². The second-order valence-corrected chi connectivity index (χ2v) is 5.84. The fourth-order valence-electron chi connectivity index (χ4n) is 2.56. The molecule has 0 atom stereocenters. The predicted molar refractivity (Wildman–Crippen MR) is 110 cm³/mol. The summed E-state index contributed by atoms with van der Waals surface area (Å²) in [7, 11) is 0. The Morgan fingerprint density at radius 3 is 2.52 bits per heavy atom. The van der Waals surface area contributed by atoms with E-state index in [9.17, 15) is 4.39 Å². The van der Waals surface area contributed by atoms with Crippen LogP contribution in [0.1, 0.15) is 37.6 Å². The van der Waals surface area contributed by atoms with Crippen LogP contribution < -0.4 is 5.73 Å². The number of allylic oxidation sites excluding steroid dienone is 3. The minimum Gasteiger partial charge on any atom is -0.384 e. The molecule has 140 valence electrons. The first-order valence-corrected chi connectivity index (χ1v) is 8.87. The number of aromatic nitrogens is 1. The molecule has 0 fully saturated rings. The first-order chi connectivity index (χ1) is 13.0. The fraction of sp³-hybridized carbons (Fsp3) is 0.182. The minimum atomic E-state index is -0.229. The van der Waals surface area contributed by atoms with Crippen molar-refractivity contribution in [2.24, 2.45) is 10.8 Å². The molecule has 1 aliphatic heterocycles. The summed E-state index contributed by atoms with van der Waals surface area (Å²) in [6, 6.07) is 10.6. The summed E-state index contributed by atoms with van der Waals surface area (Å²) in [5, 5.41) is 6.09. The number of nitrogens with zero attached hydrogens (tertiary/aromatic N) is 3. The molecule has 2 N–H and O–H groups in total. The van der Waals surface area contributed by atoms with Gasteiger partial charge in [0.15, 0.2) is 0 Å². The van der Waals surface area contributed by atoms with Gasteiger partial charge in [0, 0.05) is 6.20 Å². The topological polar surface area (TPSA) is 54.5 Å². The van der Waals surface area contributed by atoms with Crippen LogP contribution in [0.25, 0.3) is 5.57 Å². The Bertz CT molecular complexity index is 911. The first-order valence-electron chi connectivity index (χ1n) is 8.87. The number of aryl methyl sites for hydroxylation is 1. The maximum absolute atomic E-state index is 13.5. The van der Waals surface area contributed by atoms with Gasteiger partial charge >= 0.3 is 0 Å². The predicted octanol–water partition coefficient (Wildman–Crippen LogP) is 4.99. The maximum Gasteiger partial charge on any atom is 0.126 e. The molecule has 1 aromatic heterocycles. The standard InChI is InChI=1S/C20H19FN4.C2H6/c1-13-10-16(7-8-18(13)21)17-11-14(2)25(20(22)12-17)24-15(3)19-6-4-5-9-23-19;1-2/h4-12H,2,22H2,1,3H3;1-2H3/b24-15+;. The Kier molecular flexibility index (Phi) is 6.66. The summed E-state index contributed by atoms with van der Waals surface area (Å²) < 4.78 is 13.5. The third-order valence-electron chi connectivity index (χ3n) is 3.92. The fourth-order valence-corrected chi connectivity index (χ4v) is 2.56. The van der Waals surface area contributed by atoms with Crippen LogP contribution in [0.2, 0.25) is 0 Å². The van der Waals surface area contributed by atoms with Crippen LogP contribution in [0.5, 0.6) is 0 Å². The van der Waals surface area contributed by atoms with E-state index in [0.717, 1.165) is 22.5 Å². The maximum atomic E-state index is 13.5. The number of rotatable bonds is 3. The van der Waals surface area contributed by atoms with E-state index in [1.54, 1.807) is 36.3 Å². The number of pyridine rings is 1. The number of halogens is 1. The molecule has 2 heterocycles. The SMILES string of the molecule is C=C1C=C(c2ccc(F)c(C)c2)C=C(N)N1/N=C(\C)c1ccccn1.CC. The lowest BCUT2D eigenvalue weighted by atomic mass is 10.0. The van der Waals surface area contributed by atoms with Crippen molar-refractivity contribution < 1.29 is 4.39 Å². The van der Waals surface area contributed by atoms with Crippen LogP contribution in [-0.4, -0.2) is 15.7 Å². The molecular formula is C22H25FN4. The molecule has 3 rings (SSSR count). The van der Waals surface area contributed by atoms with Crippen molar-refractivity contribution in [3.63, 3.8) is 0 Å². The quantitative estimate of drug-likeness (QED) is 0.781. The second-order valence-electron chi connectivity index (χ2n) is 5.84. The monoisotopic (exact) mass is 364 g/mol. The number of hydrogen-bond acceptors (Lipinski definition) is 4. The number of benzene rings is 1. The van der Waals surface area contributed by atoms with E-state index in [0.29, 0.717) is 17.1 Å². The normalized spacial score (nSPS) is 14.2. The van der Waals surface area contributed by atoms with Crippen molar-refractivity contribution >= 4 is 11.3 Å². The van der Waals surface area contributed by atoms with Crippen LogP contribution in [0.15, 0.2) is 77.9 Å². The lowest BCUT2D eigenvalue weighted by Gasteiger charge is -2.25. The van der Waals surface area contributed by atoms with Crippen LogP contribution in [0.4, 0.5) is 4.39 Å². The molecule has 0 saturated heterocycles. The van der Waals surface area contributed by atoms with Crippen molar-refractivity contribution in [1.82, 2.24) is 9.99 Å². The van der Waals surface area contributed by atoms with Gasteiger partial charge in [-0.3, -0.25) is 4.98 Å². The zero-order chi connectivity index (χ0) is 20.0. The van der Waals surface area contributed by atoms with E-state index in [1.807, 2.05) is 45.0 Å². The molecule has 5 heteroatoms. The van der Waals surface area contributed by atoms with Gasteiger partial charge in [0.1, 0.15) is 11.6 Å². The highest BCUT2D eigenvalue weighted by Gasteiger charge is 2.17. The second kappa shape index (κ2) is 8.94. The van der Waals surface area contributed by atoms with Crippen LogP contribution in [0, 0.1) is 12.7 Å². The molecule has 0 saturated carbocycles. The first kappa shape index (κ1) is 20.1. The zero-order valence-corrected chi connectivity index (χ0v) is 16.2. The summed E-state index contributed by atoms with van der Waals surface area (Å²) in [5.74, 6) is 0.216. The Hall–Kier alpha value is -3.21. The van der Waals surface area contributed by atoms with Gasteiger partial charge in [-0.25, -0.2) is 9.40 Å². The zero-order valence-electron chi connectivity index (χ0n) is 16.2. The molecule has 0 unspecified atom stereocenters. The van der Waals surface area contributed by atoms with E-state index in [1.165, 1.54) is 6.07 Å². The lowest BCUT2D eigenvalue weighted by molar-refractivity contribution is 0.462. The van der Waals surface area contributed by atoms with Gasteiger partial charge < -0.3 is 5.73 Å². The smallest absolute Gasteiger partial charge is 0.126 e. The average Bonchev–Trinajstić information content (AvgIpc) is 2.68. The molecule has 0 radical (unpaired) electrons. The van der Waals surface area contributed by atoms with Crippen molar-refractivity contribution in [1.29, 1.82) is 0 Å². The molecule has 0 spiro atoms. The van der Waals surface area contributed by atoms with Crippen LogP contribution >= 0.6 is 0 Å². The van der Waals surface area contributed by atoms with Crippen LogP contribution in [0.3, 0.4) is 0 Å². The van der Waals surface area contributed by atoms with Gasteiger partial charge in [-0.15, -0.1) is 0 Å². The molecule has 27 heavy (non-hydrogen) atoms. The molecule has 1 aliphatic rings. The molecule has 1 aromatic carbocycles. The highest BCUT2D eigenvalue weighted by atomic mass is 19.1. The summed E-state index contributed by atoms with van der Waals surface area (Å²) in [5.41, 5.74) is 10.6. The highest BCUT2D eigenvalue weighted by Crippen LogP contribution is 2.28. The van der Waals surface area contributed by atoms with Gasteiger partial charge in [0.25, 0.3) is 0 Å². The summed E-state index contributed by atoms with van der Waals surface area (Å²) in [6.07, 6.45) is 5.39. The van der Waals surface area contributed by atoms with Crippen molar-refractivity contribution in [2.45, 2.75) is 27.7 Å². The largest absolute Gasteiger partial charge is 0.384 e. The summed E-state index contributed by atoms with van der Waals surface area (Å²) >= 11 is 0. The summed E-state index contributed by atoms with van der Waals surface area (Å²) in [4.78, 5) is 4.28. The average molecular weight is 364 g/mol. The third-order valence-corrected chi connectivity index (χ3v) is 3.92. The van der Waals surface area contributed by atoms with Crippen molar-refractivity contribution in [2.75, 3.05) is 0 Å². The minimum absolute atomic E-state index is 0.229.